The van der Waals surface area contributed by atoms with Crippen LogP contribution in [0.5, 0.6) is 0 Å². The largest absolute Gasteiger partial charge is 0.481 e. The minimum Gasteiger partial charge on any atom is -0.481 e. The summed E-state index contributed by atoms with van der Waals surface area (Å²) in [4.78, 5) is 13.7. The predicted molar refractivity (Wildman–Crippen MR) is 177 cm³/mol. The molecule has 0 spiro atoms. The lowest BCUT2D eigenvalue weighted by Crippen LogP contribution is -2.20. The molecule has 5 rings (SSSR count). The van der Waals surface area contributed by atoms with Gasteiger partial charge in [-0.15, -0.1) is 11.3 Å². The van der Waals surface area contributed by atoms with E-state index in [1.807, 2.05) is 38.1 Å². The average molecular weight is 629 g/mol. The molecule has 4 aromatic rings. The molecule has 2 aromatic heterocycles. The Morgan fingerprint density at radius 2 is 1.85 bits per heavy atom. The Bertz CT molecular complexity index is 1520. The fourth-order valence-corrected chi connectivity index (χ4v) is 7.34. The van der Waals surface area contributed by atoms with Crippen LogP contribution in [0.3, 0.4) is 0 Å². The number of carboxylic acid groups (broad SMARTS) is 1. The molecule has 1 saturated carbocycles. The number of hydrogen-bond donors (Lipinski definition) is 2. The molecule has 2 heterocycles. The Balaban J connectivity index is 0.000000909. The van der Waals surface area contributed by atoms with E-state index in [0.29, 0.717) is 9.36 Å². The molecule has 216 valence electrons. The van der Waals surface area contributed by atoms with Gasteiger partial charge in [0.15, 0.2) is 0 Å². The highest BCUT2D eigenvalue weighted by Gasteiger charge is 2.26. The monoisotopic (exact) mass is 627 g/mol. The SMILES string of the molecule is CC(=O)O.CC(C)(O)c1ccccc1C(CCSCC1CC1)c1cccc(/C=C/c2ccc3sc(Cl)c(Cl)c3n2)c1. The maximum absolute atomic E-state index is 10.9. The topological polar surface area (TPSA) is 70.4 Å². The van der Waals surface area contributed by atoms with Gasteiger partial charge in [0, 0.05) is 12.8 Å². The first kappa shape index (κ1) is 31.6. The van der Waals surface area contributed by atoms with Crippen molar-refractivity contribution in [1.82, 2.24) is 4.98 Å². The summed E-state index contributed by atoms with van der Waals surface area (Å²) in [6.07, 6.45) is 7.93. The third-order valence-electron chi connectivity index (χ3n) is 6.82. The van der Waals surface area contributed by atoms with Crippen LogP contribution >= 0.6 is 46.3 Å². The van der Waals surface area contributed by atoms with Crippen LogP contribution in [-0.4, -0.2) is 32.7 Å². The number of carboxylic acids is 1. The van der Waals surface area contributed by atoms with Gasteiger partial charge in [0.1, 0.15) is 9.85 Å². The van der Waals surface area contributed by atoms with E-state index in [-0.39, 0.29) is 5.92 Å². The minimum atomic E-state index is -0.899. The Morgan fingerprint density at radius 1 is 1.12 bits per heavy atom. The van der Waals surface area contributed by atoms with Crippen LogP contribution in [0.25, 0.3) is 22.4 Å². The zero-order valence-corrected chi connectivity index (χ0v) is 26.6. The van der Waals surface area contributed by atoms with Crippen LogP contribution < -0.4 is 0 Å². The Hall–Kier alpha value is -2.35. The second kappa shape index (κ2) is 14.2. The molecule has 0 saturated heterocycles. The molecule has 1 aliphatic rings. The van der Waals surface area contributed by atoms with Crippen molar-refractivity contribution in [2.75, 3.05) is 11.5 Å². The normalized spacial score (nSPS) is 14.2. The second-order valence-corrected chi connectivity index (χ2v) is 14.0. The van der Waals surface area contributed by atoms with Crippen LogP contribution in [-0.2, 0) is 10.4 Å². The number of nitrogens with zero attached hydrogens (tertiary/aromatic N) is 1. The maximum atomic E-state index is 10.9. The van der Waals surface area contributed by atoms with Crippen molar-refractivity contribution in [2.45, 2.75) is 51.6 Å². The summed E-state index contributed by atoms with van der Waals surface area (Å²) in [7, 11) is 0. The number of hydrogen-bond acceptors (Lipinski definition) is 5. The number of aliphatic carboxylic acids is 1. The number of rotatable bonds is 10. The smallest absolute Gasteiger partial charge is 0.300 e. The summed E-state index contributed by atoms with van der Waals surface area (Å²) >= 11 is 16.0. The van der Waals surface area contributed by atoms with E-state index >= 15 is 0 Å². The third kappa shape index (κ3) is 9.07. The molecule has 0 aliphatic heterocycles. The van der Waals surface area contributed by atoms with Gasteiger partial charge in [-0.25, -0.2) is 4.98 Å². The van der Waals surface area contributed by atoms with E-state index in [0.717, 1.165) is 52.1 Å². The molecule has 4 nitrogen and oxygen atoms in total. The van der Waals surface area contributed by atoms with Crippen molar-refractivity contribution in [3.63, 3.8) is 0 Å². The average Bonchev–Trinajstić information content (AvgIpc) is 3.71. The van der Waals surface area contributed by atoms with Crippen LogP contribution in [0, 0.1) is 5.92 Å². The first-order chi connectivity index (χ1) is 19.5. The van der Waals surface area contributed by atoms with Crippen molar-refractivity contribution in [2.24, 2.45) is 5.92 Å². The summed E-state index contributed by atoms with van der Waals surface area (Å²) in [6.45, 7) is 4.83. The van der Waals surface area contributed by atoms with Crippen molar-refractivity contribution in [3.05, 3.63) is 98.0 Å². The molecular formula is C33H35Cl2NO3S2. The van der Waals surface area contributed by atoms with Crippen LogP contribution in [0.15, 0.2) is 60.7 Å². The van der Waals surface area contributed by atoms with Crippen molar-refractivity contribution < 1.29 is 15.0 Å². The van der Waals surface area contributed by atoms with E-state index in [9.17, 15) is 5.11 Å². The number of benzene rings is 2. The van der Waals surface area contributed by atoms with Gasteiger partial charge >= 0.3 is 0 Å². The van der Waals surface area contributed by atoms with Gasteiger partial charge in [-0.3, -0.25) is 4.79 Å². The summed E-state index contributed by atoms with van der Waals surface area (Å²) in [5.41, 5.74) is 5.28. The Labute approximate surface area is 260 Å². The van der Waals surface area contributed by atoms with E-state index in [1.54, 1.807) is 0 Å². The zero-order chi connectivity index (χ0) is 29.6. The van der Waals surface area contributed by atoms with E-state index in [4.69, 9.17) is 38.1 Å². The molecule has 0 radical (unpaired) electrons. The molecule has 2 N–H and O–H groups in total. The molecule has 1 atom stereocenters. The molecular weight excluding hydrogens is 593 g/mol. The Morgan fingerprint density at radius 3 is 2.56 bits per heavy atom. The fraction of sp³-hybridized carbons (Fsp3) is 0.333. The maximum Gasteiger partial charge on any atom is 0.300 e. The molecule has 0 bridgehead atoms. The summed E-state index contributed by atoms with van der Waals surface area (Å²) < 4.78 is 1.56. The number of pyridine rings is 1. The van der Waals surface area contributed by atoms with Gasteiger partial charge in [0.25, 0.3) is 5.97 Å². The lowest BCUT2D eigenvalue weighted by Gasteiger charge is -2.27. The Kier molecular flexibility index (Phi) is 10.9. The quantitative estimate of drug-likeness (QED) is 0.171. The first-order valence-corrected chi connectivity index (χ1v) is 16.4. The van der Waals surface area contributed by atoms with Gasteiger partial charge < -0.3 is 10.2 Å². The summed E-state index contributed by atoms with van der Waals surface area (Å²) in [5.74, 6) is 2.67. The van der Waals surface area contributed by atoms with E-state index in [1.165, 1.54) is 41.1 Å². The van der Waals surface area contributed by atoms with Gasteiger partial charge in [0.2, 0.25) is 0 Å². The number of aromatic nitrogens is 1. The number of halogens is 2. The lowest BCUT2D eigenvalue weighted by atomic mass is 9.81. The number of aliphatic hydroxyl groups is 1. The van der Waals surface area contributed by atoms with Crippen LogP contribution in [0.4, 0.5) is 0 Å². The first-order valence-electron chi connectivity index (χ1n) is 13.6. The lowest BCUT2D eigenvalue weighted by molar-refractivity contribution is -0.134. The molecule has 1 aliphatic carbocycles. The van der Waals surface area contributed by atoms with E-state index in [2.05, 4.69) is 60.3 Å². The number of fused-ring (bicyclic) bond motifs is 1. The van der Waals surface area contributed by atoms with Crippen LogP contribution in [0.1, 0.15) is 73.9 Å². The van der Waals surface area contributed by atoms with Crippen molar-refractivity contribution >= 4 is 74.6 Å². The number of carbonyl (C=O) groups is 1. The summed E-state index contributed by atoms with van der Waals surface area (Å²) in [6, 6.07) is 21.1. The summed E-state index contributed by atoms with van der Waals surface area (Å²) in [5, 5.41) is 18.9. The van der Waals surface area contributed by atoms with Crippen molar-refractivity contribution in [3.8, 4) is 0 Å². The van der Waals surface area contributed by atoms with Crippen LogP contribution in [0.2, 0.25) is 9.36 Å². The highest BCUT2D eigenvalue weighted by molar-refractivity contribution is 7.99. The molecule has 8 heteroatoms. The van der Waals surface area contributed by atoms with Gasteiger partial charge in [-0.1, -0.05) is 77.8 Å². The third-order valence-corrected chi connectivity index (χ3v) is 9.98. The number of thioether (sulfide) groups is 1. The predicted octanol–water partition coefficient (Wildman–Crippen LogP) is 9.76. The molecule has 41 heavy (non-hydrogen) atoms. The minimum absolute atomic E-state index is 0.212. The molecule has 1 unspecified atom stereocenters. The molecule has 1 fully saturated rings. The fourth-order valence-electron chi connectivity index (χ4n) is 4.68. The highest BCUT2D eigenvalue weighted by atomic mass is 35.5. The van der Waals surface area contributed by atoms with Crippen molar-refractivity contribution in [1.29, 1.82) is 0 Å². The second-order valence-electron chi connectivity index (χ2n) is 10.8. The standard InChI is InChI=1S/C31H31Cl2NOS2.C2H4O2/c1-31(2,35)26-9-4-3-8-25(26)24(16-17-36-19-21-10-11-21)22-7-5-6-20(18-22)12-13-23-14-15-27-29(34-23)28(32)30(33)37-27;1-2(3)4/h3-9,12-15,18,21,24,35H,10-11,16-17,19H2,1-2H3;1H3,(H,3,4)/b13-12+;. The number of thiophene rings is 1. The van der Waals surface area contributed by atoms with E-state index < -0.39 is 11.6 Å². The zero-order valence-electron chi connectivity index (χ0n) is 23.4. The van der Waals surface area contributed by atoms with Gasteiger partial charge in [-0.2, -0.15) is 11.8 Å². The molecule has 0 amide bonds. The highest BCUT2D eigenvalue weighted by Crippen LogP contribution is 2.39. The van der Waals surface area contributed by atoms with Gasteiger partial charge in [0.05, 0.1) is 21.0 Å². The van der Waals surface area contributed by atoms with Gasteiger partial charge in [-0.05, 0) is 91.0 Å². The molecule has 2 aromatic carbocycles.